The lowest BCUT2D eigenvalue weighted by Gasteiger charge is -2.08. The van der Waals surface area contributed by atoms with Crippen molar-refractivity contribution in [3.63, 3.8) is 0 Å². The molecule has 18 heavy (non-hydrogen) atoms. The Bertz CT molecular complexity index is 727. The Morgan fingerprint density at radius 3 is 2.89 bits per heavy atom. The minimum Gasteiger partial charge on any atom is -0.492 e. The van der Waals surface area contributed by atoms with E-state index >= 15 is 0 Å². The Hall–Kier alpha value is -2.37. The maximum Gasteiger partial charge on any atom is 0.316 e. The summed E-state index contributed by atoms with van der Waals surface area (Å²) in [5.74, 6) is 0.425. The largest absolute Gasteiger partial charge is 0.492 e. The molecule has 2 heterocycles. The van der Waals surface area contributed by atoms with Crippen molar-refractivity contribution in [3.8, 4) is 0 Å². The molecule has 0 aromatic carbocycles. The molecule has 0 aliphatic carbocycles. The van der Waals surface area contributed by atoms with Crippen LogP contribution in [-0.4, -0.2) is 21.1 Å². The average molecular weight is 247 g/mol. The lowest BCUT2D eigenvalue weighted by atomic mass is 10.3. The average Bonchev–Trinajstić information content (AvgIpc) is 2.36. The molecule has 2 aromatic heterocycles. The molecule has 0 amide bonds. The van der Waals surface area contributed by atoms with Gasteiger partial charge in [-0.05, 0) is 19.1 Å². The Morgan fingerprint density at radius 2 is 2.22 bits per heavy atom. The number of H-pyrrole nitrogens is 1. The molecular formula is C12H13N3O3. The van der Waals surface area contributed by atoms with Crippen LogP contribution in [0.5, 0.6) is 0 Å². The van der Waals surface area contributed by atoms with Crippen LogP contribution in [0.15, 0.2) is 28.3 Å². The van der Waals surface area contributed by atoms with Gasteiger partial charge in [-0.1, -0.05) is 6.58 Å². The summed E-state index contributed by atoms with van der Waals surface area (Å²) in [6, 6.07) is 3.39. The molecule has 0 aliphatic heterocycles. The van der Waals surface area contributed by atoms with Gasteiger partial charge in [-0.25, -0.2) is 4.98 Å². The van der Waals surface area contributed by atoms with E-state index < -0.39 is 11.1 Å². The number of aryl methyl sites for hydroxylation is 1. The van der Waals surface area contributed by atoms with Crippen molar-refractivity contribution in [2.45, 2.75) is 6.92 Å². The summed E-state index contributed by atoms with van der Waals surface area (Å²) in [6.45, 7) is 6.07. The molecule has 0 atom stereocenters. The number of nitrogens with one attached hydrogen (secondary N) is 1. The van der Waals surface area contributed by atoms with Crippen molar-refractivity contribution in [1.82, 2.24) is 14.5 Å². The first-order valence-corrected chi connectivity index (χ1v) is 5.46. The van der Waals surface area contributed by atoms with Gasteiger partial charge >= 0.3 is 11.1 Å². The highest BCUT2D eigenvalue weighted by atomic mass is 16.5. The molecular weight excluding hydrogens is 234 g/mol. The fourth-order valence-corrected chi connectivity index (χ4v) is 1.64. The number of hydrogen-bond acceptors (Lipinski definition) is 4. The molecule has 0 saturated heterocycles. The van der Waals surface area contributed by atoms with Crippen LogP contribution >= 0.6 is 0 Å². The number of nitrogens with zero attached hydrogens (tertiary/aromatic N) is 2. The fraction of sp³-hybridized carbons (Fsp3) is 0.250. The van der Waals surface area contributed by atoms with E-state index in [1.54, 1.807) is 12.1 Å². The highest BCUT2D eigenvalue weighted by Crippen LogP contribution is 2.14. The topological polar surface area (TPSA) is 77.0 Å². The summed E-state index contributed by atoms with van der Waals surface area (Å²) >= 11 is 0. The minimum absolute atomic E-state index is 0.334. The molecule has 0 radical (unpaired) electrons. The van der Waals surface area contributed by atoms with Crippen LogP contribution in [-0.2, 0) is 11.8 Å². The molecule has 0 fully saturated rings. The molecule has 1 N–H and O–H groups in total. The second-order valence-corrected chi connectivity index (χ2v) is 3.74. The Kier molecular flexibility index (Phi) is 3.01. The molecule has 0 aliphatic rings. The SMILES string of the molecule is C=C(OCC)c1ccc2c(n1)[nH]c(=O)c(=O)n2C. The summed E-state index contributed by atoms with van der Waals surface area (Å²) < 4.78 is 6.50. The van der Waals surface area contributed by atoms with E-state index in [4.69, 9.17) is 4.74 Å². The monoisotopic (exact) mass is 247 g/mol. The van der Waals surface area contributed by atoms with Crippen LogP contribution in [0.2, 0.25) is 0 Å². The van der Waals surface area contributed by atoms with Gasteiger partial charge in [0.05, 0.1) is 12.1 Å². The lowest BCUT2D eigenvalue weighted by molar-refractivity contribution is 0.298. The van der Waals surface area contributed by atoms with Gasteiger partial charge in [-0.3, -0.25) is 9.59 Å². The number of rotatable bonds is 3. The van der Waals surface area contributed by atoms with E-state index in [2.05, 4.69) is 16.5 Å². The zero-order valence-corrected chi connectivity index (χ0v) is 10.2. The van der Waals surface area contributed by atoms with Gasteiger partial charge in [0.2, 0.25) is 0 Å². The molecule has 6 heteroatoms. The van der Waals surface area contributed by atoms with Crippen LogP contribution in [0.3, 0.4) is 0 Å². The number of aromatic amines is 1. The van der Waals surface area contributed by atoms with E-state index in [1.165, 1.54) is 11.6 Å². The molecule has 2 rings (SSSR count). The summed E-state index contributed by atoms with van der Waals surface area (Å²) in [5, 5.41) is 0. The smallest absolute Gasteiger partial charge is 0.316 e. The molecule has 0 unspecified atom stereocenters. The quantitative estimate of drug-likeness (QED) is 0.637. The van der Waals surface area contributed by atoms with Crippen molar-refractivity contribution < 1.29 is 4.74 Å². The summed E-state index contributed by atoms with van der Waals surface area (Å²) in [6.07, 6.45) is 0. The number of hydrogen-bond donors (Lipinski definition) is 1. The van der Waals surface area contributed by atoms with Crippen LogP contribution in [0.25, 0.3) is 16.9 Å². The van der Waals surface area contributed by atoms with Gasteiger partial charge in [0.25, 0.3) is 0 Å². The first-order valence-electron chi connectivity index (χ1n) is 5.46. The second-order valence-electron chi connectivity index (χ2n) is 3.74. The van der Waals surface area contributed by atoms with Crippen molar-refractivity contribution >= 4 is 16.9 Å². The molecule has 94 valence electrons. The van der Waals surface area contributed by atoms with Gasteiger partial charge in [0.15, 0.2) is 5.65 Å². The van der Waals surface area contributed by atoms with Gasteiger partial charge in [-0.2, -0.15) is 0 Å². The van der Waals surface area contributed by atoms with Crippen molar-refractivity contribution in [2.75, 3.05) is 6.61 Å². The van der Waals surface area contributed by atoms with E-state index in [9.17, 15) is 9.59 Å². The van der Waals surface area contributed by atoms with E-state index in [0.29, 0.717) is 29.2 Å². The summed E-state index contributed by atoms with van der Waals surface area (Å²) in [4.78, 5) is 29.5. The van der Waals surface area contributed by atoms with E-state index in [0.717, 1.165) is 0 Å². The Labute approximate surface area is 103 Å². The first-order chi connectivity index (χ1) is 8.54. The van der Waals surface area contributed by atoms with Gasteiger partial charge in [-0.15, -0.1) is 0 Å². The zero-order valence-electron chi connectivity index (χ0n) is 10.2. The molecule has 0 bridgehead atoms. The predicted molar refractivity (Wildman–Crippen MR) is 68.3 cm³/mol. The number of pyridine rings is 1. The third-order valence-electron chi connectivity index (χ3n) is 2.57. The zero-order chi connectivity index (χ0) is 13.3. The van der Waals surface area contributed by atoms with Gasteiger partial charge in [0, 0.05) is 7.05 Å². The molecule has 0 saturated carbocycles. The van der Waals surface area contributed by atoms with E-state index in [-0.39, 0.29) is 0 Å². The molecule has 2 aromatic rings. The van der Waals surface area contributed by atoms with Crippen molar-refractivity contribution in [2.24, 2.45) is 7.05 Å². The lowest BCUT2D eigenvalue weighted by Crippen LogP contribution is -2.35. The second kappa shape index (κ2) is 4.48. The molecule has 0 spiro atoms. The Balaban J connectivity index is 2.67. The normalized spacial score (nSPS) is 10.6. The third kappa shape index (κ3) is 1.92. The van der Waals surface area contributed by atoms with Gasteiger partial charge < -0.3 is 14.3 Å². The van der Waals surface area contributed by atoms with Crippen molar-refractivity contribution in [3.05, 3.63) is 45.1 Å². The van der Waals surface area contributed by atoms with E-state index in [1.807, 2.05) is 6.92 Å². The molecule has 6 nitrogen and oxygen atoms in total. The van der Waals surface area contributed by atoms with Gasteiger partial charge in [0.1, 0.15) is 11.5 Å². The van der Waals surface area contributed by atoms with Crippen LogP contribution in [0.4, 0.5) is 0 Å². The number of fused-ring (bicyclic) bond motifs is 1. The first kappa shape index (κ1) is 12.1. The summed E-state index contributed by atoms with van der Waals surface area (Å²) in [5.41, 5.74) is 0.101. The third-order valence-corrected chi connectivity index (χ3v) is 2.57. The minimum atomic E-state index is -0.698. The standard InChI is InChI=1S/C12H13N3O3/c1-4-18-7(2)8-5-6-9-10(13-8)14-11(16)12(17)15(9)3/h5-6H,2,4H2,1,3H3,(H,13,14,16). The van der Waals surface area contributed by atoms with Crippen LogP contribution < -0.4 is 11.1 Å². The Morgan fingerprint density at radius 1 is 1.50 bits per heavy atom. The van der Waals surface area contributed by atoms with Crippen LogP contribution in [0, 0.1) is 0 Å². The number of ether oxygens (including phenoxy) is 1. The maximum atomic E-state index is 11.5. The highest BCUT2D eigenvalue weighted by Gasteiger charge is 2.08. The maximum absolute atomic E-state index is 11.5. The van der Waals surface area contributed by atoms with Crippen LogP contribution in [0.1, 0.15) is 12.6 Å². The predicted octanol–water partition coefficient (Wildman–Crippen LogP) is 0.629. The number of aromatic nitrogens is 3. The van der Waals surface area contributed by atoms with Crippen molar-refractivity contribution in [1.29, 1.82) is 0 Å². The summed E-state index contributed by atoms with van der Waals surface area (Å²) in [7, 11) is 1.53. The highest BCUT2D eigenvalue weighted by molar-refractivity contribution is 5.72. The fourth-order valence-electron chi connectivity index (χ4n) is 1.64.